The van der Waals surface area contributed by atoms with E-state index in [9.17, 15) is 14.3 Å². The number of likely N-dealkylation sites (N-methyl/N-ethyl adjacent to an activating group) is 1. The van der Waals surface area contributed by atoms with Gasteiger partial charge in [-0.15, -0.1) is 11.3 Å². The van der Waals surface area contributed by atoms with Gasteiger partial charge in [-0.05, 0) is 17.7 Å². The number of alkyl halides is 1. The number of aliphatic carboxylic acids is 1. The Kier molecular flexibility index (Phi) is 5.21. The molecule has 1 N–H and O–H groups in total. The van der Waals surface area contributed by atoms with Gasteiger partial charge < -0.3 is 10.0 Å². The third-order valence-corrected chi connectivity index (χ3v) is 5.41. The Morgan fingerprint density at radius 3 is 2.84 bits per heavy atom. The minimum Gasteiger partial charge on any atom is -0.478 e. The maximum absolute atomic E-state index is 13.4. The van der Waals surface area contributed by atoms with Crippen LogP contribution in [0.2, 0.25) is 5.02 Å². The highest BCUT2D eigenvalue weighted by molar-refractivity contribution is 9.09. The molecule has 0 amide bonds. The van der Waals surface area contributed by atoms with E-state index in [2.05, 4.69) is 25.9 Å². The lowest BCUT2D eigenvalue weighted by molar-refractivity contribution is -0.133. The molecule has 3 rings (SSSR count). The molecule has 0 fully saturated rings. The Bertz CT molecular complexity index is 886. The first-order valence-corrected chi connectivity index (χ1v) is 9.50. The molecule has 2 heterocycles. The molecule has 1 aromatic carbocycles. The van der Waals surface area contributed by atoms with E-state index in [4.69, 9.17) is 11.6 Å². The molecule has 1 unspecified atom stereocenters. The fourth-order valence-electron chi connectivity index (χ4n) is 2.70. The lowest BCUT2D eigenvalue weighted by atomic mass is 9.94. The number of nitrogens with zero attached hydrogens (tertiary/aromatic N) is 3. The van der Waals surface area contributed by atoms with Crippen molar-refractivity contribution < 1.29 is 14.3 Å². The van der Waals surface area contributed by atoms with Gasteiger partial charge in [0.25, 0.3) is 0 Å². The largest absolute Gasteiger partial charge is 0.478 e. The highest BCUT2D eigenvalue weighted by Crippen LogP contribution is 2.39. The van der Waals surface area contributed by atoms with Gasteiger partial charge in [-0.3, -0.25) is 0 Å². The first-order valence-electron chi connectivity index (χ1n) is 7.12. The number of hydrogen-bond donors (Lipinski definition) is 1. The molecule has 9 heteroatoms. The van der Waals surface area contributed by atoms with Crippen molar-refractivity contribution in [2.75, 3.05) is 12.4 Å². The number of carbonyl (C=O) groups is 1. The molecule has 1 aliphatic heterocycles. The van der Waals surface area contributed by atoms with Gasteiger partial charge in [0.15, 0.2) is 10.8 Å². The Hall–Kier alpha value is -1.77. The summed E-state index contributed by atoms with van der Waals surface area (Å²) < 4.78 is 13.4. The highest BCUT2D eigenvalue weighted by Gasteiger charge is 2.37. The fourth-order valence-corrected chi connectivity index (χ4v) is 4.07. The average Bonchev–Trinajstić information content (AvgIpc) is 3.09. The summed E-state index contributed by atoms with van der Waals surface area (Å²) in [5.41, 5.74) is 0.958. The third-order valence-electron chi connectivity index (χ3n) is 3.78. The smallest absolute Gasteiger partial charge is 0.335 e. The predicted molar refractivity (Wildman–Crippen MR) is 99.0 cm³/mol. The third kappa shape index (κ3) is 3.33. The zero-order valence-electron chi connectivity index (χ0n) is 12.9. The van der Waals surface area contributed by atoms with Crippen molar-refractivity contribution in [1.29, 1.82) is 0 Å². The molecule has 0 spiro atoms. The van der Waals surface area contributed by atoms with Crippen LogP contribution in [0.5, 0.6) is 0 Å². The molecule has 0 bridgehead atoms. The number of benzene rings is 1. The molecular weight excluding hydrogens is 433 g/mol. The normalized spacial score (nSPS) is 17.7. The summed E-state index contributed by atoms with van der Waals surface area (Å²) in [4.78, 5) is 22.4. The second kappa shape index (κ2) is 7.23. The van der Waals surface area contributed by atoms with Crippen LogP contribution in [0.25, 0.3) is 0 Å². The van der Waals surface area contributed by atoms with E-state index in [1.807, 2.05) is 5.38 Å². The van der Waals surface area contributed by atoms with Crippen LogP contribution in [0.1, 0.15) is 16.6 Å². The van der Waals surface area contributed by atoms with Crippen molar-refractivity contribution in [3.05, 3.63) is 62.5 Å². The number of carboxylic acid groups (broad SMARTS) is 1. The van der Waals surface area contributed by atoms with Crippen LogP contribution in [0.4, 0.5) is 4.39 Å². The molecule has 1 atom stereocenters. The monoisotopic (exact) mass is 443 g/mol. The summed E-state index contributed by atoms with van der Waals surface area (Å²) in [5, 5.41) is 12.6. The van der Waals surface area contributed by atoms with Crippen LogP contribution < -0.4 is 0 Å². The summed E-state index contributed by atoms with van der Waals surface area (Å²) in [6.45, 7) is 0. The minimum absolute atomic E-state index is 0.0909. The molecule has 0 saturated heterocycles. The van der Waals surface area contributed by atoms with Crippen molar-refractivity contribution >= 4 is 50.7 Å². The number of hydrogen-bond acceptors (Lipinski definition) is 5. The number of allylic oxidation sites excluding steroid dienone is 1. The average molecular weight is 445 g/mol. The number of halogens is 3. The zero-order valence-corrected chi connectivity index (χ0v) is 16.1. The molecule has 1 aliphatic rings. The van der Waals surface area contributed by atoms with Crippen molar-refractivity contribution in [3.8, 4) is 0 Å². The maximum Gasteiger partial charge on any atom is 0.335 e. The predicted octanol–water partition coefficient (Wildman–Crippen LogP) is 4.10. The van der Waals surface area contributed by atoms with Crippen molar-refractivity contribution in [3.63, 3.8) is 0 Å². The summed E-state index contributed by atoms with van der Waals surface area (Å²) in [5.74, 6) is -1.05. The first kappa shape index (κ1) is 18.0. The lowest BCUT2D eigenvalue weighted by Crippen LogP contribution is -2.38. The SMILES string of the molecule is CN1C(c2nccs2)=NC(CBr)=C(C(=O)O)C1c1ccc(F)cc1Cl. The number of rotatable bonds is 4. The van der Waals surface area contributed by atoms with E-state index in [0.29, 0.717) is 22.1 Å². The number of amidine groups is 1. The summed E-state index contributed by atoms with van der Waals surface area (Å²) in [6, 6.07) is 3.22. The van der Waals surface area contributed by atoms with Gasteiger partial charge in [-0.2, -0.15) is 0 Å². The summed E-state index contributed by atoms with van der Waals surface area (Å²) >= 11 is 10.9. The van der Waals surface area contributed by atoms with Crippen LogP contribution in [-0.4, -0.2) is 39.2 Å². The minimum atomic E-state index is -1.10. The molecule has 25 heavy (non-hydrogen) atoms. The van der Waals surface area contributed by atoms with E-state index >= 15 is 0 Å². The van der Waals surface area contributed by atoms with E-state index in [-0.39, 0.29) is 15.9 Å². The fraction of sp³-hybridized carbons (Fsp3) is 0.188. The molecule has 2 aromatic rings. The number of thiazole rings is 1. The Balaban J connectivity index is 2.23. The van der Waals surface area contributed by atoms with Crippen LogP contribution in [0.15, 0.2) is 46.0 Å². The number of aliphatic imine (C=N–C) groups is 1. The first-order chi connectivity index (χ1) is 11.9. The van der Waals surface area contributed by atoms with Gasteiger partial charge in [-0.1, -0.05) is 33.6 Å². The van der Waals surface area contributed by atoms with Gasteiger partial charge in [0.1, 0.15) is 5.82 Å². The van der Waals surface area contributed by atoms with Crippen LogP contribution >= 0.6 is 38.9 Å². The van der Waals surface area contributed by atoms with Crippen molar-refractivity contribution in [1.82, 2.24) is 9.88 Å². The topological polar surface area (TPSA) is 65.8 Å². The quantitative estimate of drug-likeness (QED) is 0.721. The Labute approximate surface area is 160 Å². The Morgan fingerprint density at radius 1 is 1.52 bits per heavy atom. The van der Waals surface area contributed by atoms with Crippen molar-refractivity contribution in [2.24, 2.45) is 4.99 Å². The molecule has 0 saturated carbocycles. The number of carboxylic acids is 1. The van der Waals surface area contributed by atoms with Gasteiger partial charge in [0.2, 0.25) is 0 Å². The number of aromatic nitrogens is 1. The van der Waals surface area contributed by atoms with E-state index in [1.54, 1.807) is 18.1 Å². The second-order valence-corrected chi connectivity index (χ2v) is 7.11. The van der Waals surface area contributed by atoms with Crippen LogP contribution in [0.3, 0.4) is 0 Å². The molecule has 1 aromatic heterocycles. The van der Waals surface area contributed by atoms with E-state index in [1.165, 1.54) is 29.5 Å². The second-order valence-electron chi connectivity index (χ2n) is 5.25. The van der Waals surface area contributed by atoms with Crippen LogP contribution in [0, 0.1) is 5.82 Å². The van der Waals surface area contributed by atoms with Gasteiger partial charge >= 0.3 is 5.97 Å². The lowest BCUT2D eigenvalue weighted by Gasteiger charge is -2.35. The molecular formula is C16H12BrClFN3O2S. The Morgan fingerprint density at radius 2 is 2.28 bits per heavy atom. The van der Waals surface area contributed by atoms with Crippen molar-refractivity contribution in [2.45, 2.75) is 6.04 Å². The summed E-state index contributed by atoms with van der Waals surface area (Å²) in [7, 11) is 1.72. The van der Waals surface area contributed by atoms with E-state index < -0.39 is 17.8 Å². The molecule has 0 radical (unpaired) electrons. The molecule has 5 nitrogen and oxygen atoms in total. The highest BCUT2D eigenvalue weighted by atomic mass is 79.9. The van der Waals surface area contributed by atoms with E-state index in [0.717, 1.165) is 0 Å². The summed E-state index contributed by atoms with van der Waals surface area (Å²) in [6.07, 6.45) is 1.65. The maximum atomic E-state index is 13.4. The zero-order chi connectivity index (χ0) is 18.1. The van der Waals surface area contributed by atoms with Gasteiger partial charge in [0, 0.05) is 29.0 Å². The standard InChI is InChI=1S/C16H12BrClFN3O2S/c1-22-13(9-3-2-8(19)6-10(9)18)12(16(23)24)11(7-17)21-14(22)15-20-4-5-25-15/h2-6,13H,7H2,1H3,(H,23,24). The van der Waals surface area contributed by atoms with Gasteiger partial charge in [-0.25, -0.2) is 19.2 Å². The van der Waals surface area contributed by atoms with Crippen LogP contribution in [-0.2, 0) is 4.79 Å². The van der Waals surface area contributed by atoms with Gasteiger partial charge in [0.05, 0.1) is 17.3 Å². The molecule has 0 aliphatic carbocycles. The molecule has 130 valence electrons.